The monoisotopic (exact) mass is 293 g/mol. The molecule has 0 amide bonds. The van der Waals surface area contributed by atoms with Crippen LogP contribution in [0.25, 0.3) is 0 Å². The summed E-state index contributed by atoms with van der Waals surface area (Å²) in [5.41, 5.74) is 1.22. The summed E-state index contributed by atoms with van der Waals surface area (Å²) in [6.07, 6.45) is 6.29. The third kappa shape index (κ3) is 3.70. The molecule has 1 atom stereocenters. The average molecular weight is 293 g/mol. The van der Waals surface area contributed by atoms with Gasteiger partial charge in [0.1, 0.15) is 0 Å². The number of rotatable bonds is 7. The summed E-state index contributed by atoms with van der Waals surface area (Å²) in [6.45, 7) is 4.12. The Bertz CT molecular complexity index is 559. The van der Waals surface area contributed by atoms with Crippen LogP contribution in [0.15, 0.2) is 46.9 Å². The Morgan fingerprint density at radius 2 is 2.00 bits per heavy atom. The van der Waals surface area contributed by atoms with Gasteiger partial charge in [-0.05, 0) is 44.2 Å². The van der Waals surface area contributed by atoms with E-state index in [0.29, 0.717) is 10.8 Å². The van der Waals surface area contributed by atoms with Gasteiger partial charge in [0.25, 0.3) is 0 Å². The van der Waals surface area contributed by atoms with Crippen LogP contribution in [-0.2, 0) is 10.0 Å². The Kier molecular flexibility index (Phi) is 5.00. The van der Waals surface area contributed by atoms with Crippen LogP contribution in [0, 0.1) is 5.92 Å². The molecule has 1 aliphatic carbocycles. The second-order valence-corrected chi connectivity index (χ2v) is 7.08. The van der Waals surface area contributed by atoms with E-state index in [1.165, 1.54) is 5.57 Å². The Morgan fingerprint density at radius 3 is 2.50 bits per heavy atom. The van der Waals surface area contributed by atoms with E-state index in [-0.39, 0.29) is 6.04 Å². The van der Waals surface area contributed by atoms with Crippen LogP contribution in [0.3, 0.4) is 0 Å². The van der Waals surface area contributed by atoms with Gasteiger partial charge < -0.3 is 0 Å². The molecule has 0 saturated heterocycles. The van der Waals surface area contributed by atoms with E-state index in [1.807, 2.05) is 13.0 Å². The van der Waals surface area contributed by atoms with Crippen LogP contribution < -0.4 is 4.72 Å². The number of benzene rings is 1. The maximum absolute atomic E-state index is 12.5. The molecule has 2 rings (SSSR count). The molecule has 1 N–H and O–H groups in total. The van der Waals surface area contributed by atoms with Crippen LogP contribution in [0.2, 0.25) is 0 Å². The first-order valence-corrected chi connectivity index (χ1v) is 8.79. The van der Waals surface area contributed by atoms with Crippen molar-refractivity contribution in [2.24, 2.45) is 5.92 Å². The van der Waals surface area contributed by atoms with Crippen molar-refractivity contribution in [2.75, 3.05) is 0 Å². The molecule has 0 heterocycles. The molecular weight excluding hydrogens is 270 g/mol. The van der Waals surface area contributed by atoms with Gasteiger partial charge in [0.2, 0.25) is 10.0 Å². The summed E-state index contributed by atoms with van der Waals surface area (Å²) in [7, 11) is -3.43. The molecule has 1 aromatic carbocycles. The minimum atomic E-state index is -3.43. The summed E-state index contributed by atoms with van der Waals surface area (Å²) < 4.78 is 27.8. The summed E-state index contributed by atoms with van der Waals surface area (Å²) in [6, 6.07) is 8.58. The van der Waals surface area contributed by atoms with E-state index in [1.54, 1.807) is 24.3 Å². The molecule has 110 valence electrons. The van der Waals surface area contributed by atoms with Gasteiger partial charge in [-0.2, -0.15) is 0 Å². The van der Waals surface area contributed by atoms with E-state index in [9.17, 15) is 8.42 Å². The average Bonchev–Trinajstić information content (AvgIpc) is 3.28. The molecule has 0 bridgehead atoms. The van der Waals surface area contributed by atoms with Crippen molar-refractivity contribution in [3.05, 3.63) is 42.0 Å². The fraction of sp³-hybridized carbons (Fsp3) is 0.500. The third-order valence-corrected chi connectivity index (χ3v) is 5.19. The molecule has 0 spiro atoms. The number of sulfonamides is 1. The third-order valence-electron chi connectivity index (χ3n) is 3.74. The van der Waals surface area contributed by atoms with Crippen molar-refractivity contribution in [3.63, 3.8) is 0 Å². The molecule has 1 unspecified atom stereocenters. The second-order valence-electron chi connectivity index (χ2n) is 5.36. The van der Waals surface area contributed by atoms with Gasteiger partial charge in [-0.15, -0.1) is 0 Å². The van der Waals surface area contributed by atoms with Gasteiger partial charge in [0.05, 0.1) is 4.90 Å². The minimum Gasteiger partial charge on any atom is -0.207 e. The lowest BCUT2D eigenvalue weighted by Gasteiger charge is -2.21. The quantitative estimate of drug-likeness (QED) is 0.782. The van der Waals surface area contributed by atoms with Crippen molar-refractivity contribution in [1.82, 2.24) is 4.72 Å². The first-order chi connectivity index (χ1) is 9.58. The normalized spacial score (nSPS) is 18.0. The first kappa shape index (κ1) is 15.3. The number of hydrogen-bond acceptors (Lipinski definition) is 2. The Balaban J connectivity index is 2.20. The van der Waals surface area contributed by atoms with E-state index >= 15 is 0 Å². The molecule has 1 aliphatic rings. The maximum Gasteiger partial charge on any atom is 0.241 e. The Labute approximate surface area is 122 Å². The largest absolute Gasteiger partial charge is 0.241 e. The van der Waals surface area contributed by atoms with E-state index in [4.69, 9.17) is 0 Å². The zero-order chi connectivity index (χ0) is 14.6. The molecule has 1 saturated carbocycles. The van der Waals surface area contributed by atoms with Gasteiger partial charge in [-0.3, -0.25) is 0 Å². The number of allylic oxidation sites excluding steroid dienone is 1. The van der Waals surface area contributed by atoms with Gasteiger partial charge in [0.15, 0.2) is 0 Å². The van der Waals surface area contributed by atoms with Crippen molar-refractivity contribution >= 4 is 10.0 Å². The van der Waals surface area contributed by atoms with Crippen LogP contribution in [-0.4, -0.2) is 14.5 Å². The van der Waals surface area contributed by atoms with E-state index in [0.717, 1.165) is 25.7 Å². The lowest BCUT2D eigenvalue weighted by atomic mass is 9.99. The molecule has 20 heavy (non-hydrogen) atoms. The van der Waals surface area contributed by atoms with Crippen molar-refractivity contribution < 1.29 is 8.42 Å². The second kappa shape index (κ2) is 6.55. The molecule has 4 heteroatoms. The highest BCUT2D eigenvalue weighted by molar-refractivity contribution is 7.89. The van der Waals surface area contributed by atoms with Crippen LogP contribution >= 0.6 is 0 Å². The van der Waals surface area contributed by atoms with Crippen LogP contribution in [0.1, 0.15) is 39.5 Å². The highest BCUT2D eigenvalue weighted by Crippen LogP contribution is 2.37. The first-order valence-electron chi connectivity index (χ1n) is 7.31. The Hall–Kier alpha value is -1.13. The molecular formula is C16H23NO2S. The molecule has 1 aromatic rings. The predicted molar refractivity (Wildman–Crippen MR) is 81.9 cm³/mol. The van der Waals surface area contributed by atoms with Gasteiger partial charge >= 0.3 is 0 Å². The summed E-state index contributed by atoms with van der Waals surface area (Å²) in [5.74, 6) is 0.464. The summed E-state index contributed by atoms with van der Waals surface area (Å²) >= 11 is 0. The summed E-state index contributed by atoms with van der Waals surface area (Å²) in [5, 5.41) is 0. The topological polar surface area (TPSA) is 46.2 Å². The molecule has 0 aliphatic heterocycles. The fourth-order valence-corrected chi connectivity index (χ4v) is 3.84. The van der Waals surface area contributed by atoms with E-state index < -0.39 is 10.0 Å². The highest BCUT2D eigenvalue weighted by Gasteiger charge is 2.35. The fourth-order valence-electron chi connectivity index (χ4n) is 2.51. The molecule has 3 nitrogen and oxygen atoms in total. The Morgan fingerprint density at radius 1 is 1.35 bits per heavy atom. The molecule has 1 fully saturated rings. The smallest absolute Gasteiger partial charge is 0.207 e. The van der Waals surface area contributed by atoms with Crippen molar-refractivity contribution in [1.29, 1.82) is 0 Å². The maximum atomic E-state index is 12.5. The number of hydrogen-bond donors (Lipinski definition) is 1. The summed E-state index contributed by atoms with van der Waals surface area (Å²) in [4.78, 5) is 0.345. The van der Waals surface area contributed by atoms with Crippen LogP contribution in [0.5, 0.6) is 0 Å². The zero-order valence-corrected chi connectivity index (χ0v) is 13.0. The molecule has 0 aromatic heterocycles. The van der Waals surface area contributed by atoms with Gasteiger partial charge in [-0.1, -0.05) is 43.2 Å². The molecule has 0 radical (unpaired) electrons. The number of nitrogens with one attached hydrogen (secondary N) is 1. The highest BCUT2D eigenvalue weighted by atomic mass is 32.2. The minimum absolute atomic E-state index is 0.0369. The van der Waals surface area contributed by atoms with Gasteiger partial charge in [-0.25, -0.2) is 13.1 Å². The van der Waals surface area contributed by atoms with Crippen molar-refractivity contribution in [2.45, 2.75) is 50.5 Å². The zero-order valence-electron chi connectivity index (χ0n) is 12.2. The lowest BCUT2D eigenvalue weighted by molar-refractivity contribution is 0.539. The SMILES string of the molecule is C/C=C(\CCC)C(NS(=O)(=O)c1ccccc1)C1CC1. The van der Waals surface area contributed by atoms with Crippen LogP contribution in [0.4, 0.5) is 0 Å². The van der Waals surface area contributed by atoms with E-state index in [2.05, 4.69) is 17.7 Å². The predicted octanol–water partition coefficient (Wildman–Crippen LogP) is 3.49. The van der Waals surface area contributed by atoms with Gasteiger partial charge in [0, 0.05) is 6.04 Å². The van der Waals surface area contributed by atoms with Crippen molar-refractivity contribution in [3.8, 4) is 0 Å². The lowest BCUT2D eigenvalue weighted by Crippen LogP contribution is -2.37. The standard InChI is InChI=1S/C16H23NO2S/c1-3-8-13(4-2)16(14-11-12-14)17-20(18,19)15-9-6-5-7-10-15/h4-7,9-10,14,16-17H,3,8,11-12H2,1-2H3/b13-4+.